The second-order valence-electron chi connectivity index (χ2n) is 5.53. The highest BCUT2D eigenvalue weighted by Gasteiger charge is 2.16. The number of unbranched alkanes of at least 4 members (excludes halogenated alkanes) is 1. The topological polar surface area (TPSA) is 27.6 Å². The molecule has 1 aromatic carbocycles. The molecule has 0 aromatic heterocycles. The first-order valence-electron chi connectivity index (χ1n) is 8.03. The number of guanidine groups is 1. The average molecular weight is 413 g/mol. The Balaban J connectivity index is 0.00000242. The summed E-state index contributed by atoms with van der Waals surface area (Å²) in [5, 5.41) is 3.46. The lowest BCUT2D eigenvalue weighted by Gasteiger charge is -2.31. The van der Waals surface area contributed by atoms with Crippen molar-refractivity contribution in [1.29, 1.82) is 0 Å². The largest absolute Gasteiger partial charge is 0.356 e. The Morgan fingerprint density at radius 3 is 2.50 bits per heavy atom. The zero-order valence-corrected chi connectivity index (χ0v) is 16.0. The van der Waals surface area contributed by atoms with E-state index in [1.165, 1.54) is 18.4 Å². The van der Waals surface area contributed by atoms with Gasteiger partial charge in [-0.1, -0.05) is 55.3 Å². The third kappa shape index (κ3) is 5.99. The molecule has 22 heavy (non-hydrogen) atoms. The summed E-state index contributed by atoms with van der Waals surface area (Å²) >= 11 is 0. The molecule has 1 N–H and O–H groups in total. The normalized spacial score (nSPS) is 15.3. The van der Waals surface area contributed by atoms with E-state index >= 15 is 0 Å². The van der Waals surface area contributed by atoms with Crippen molar-refractivity contribution in [3.05, 3.63) is 41.5 Å². The number of aliphatic imine (C=N–C) groups is 1. The van der Waals surface area contributed by atoms with Gasteiger partial charge in [-0.05, 0) is 24.8 Å². The van der Waals surface area contributed by atoms with E-state index in [9.17, 15) is 0 Å². The molecule has 0 amide bonds. The maximum Gasteiger partial charge on any atom is 0.193 e. The third-order valence-electron chi connectivity index (χ3n) is 3.90. The van der Waals surface area contributed by atoms with Crippen LogP contribution in [0.5, 0.6) is 0 Å². The molecule has 1 fully saturated rings. The lowest BCUT2D eigenvalue weighted by atomic mass is 10.0. The van der Waals surface area contributed by atoms with Crippen molar-refractivity contribution in [3.63, 3.8) is 0 Å². The van der Waals surface area contributed by atoms with Gasteiger partial charge in [-0.25, -0.2) is 0 Å². The number of halogens is 1. The molecule has 0 atom stereocenters. The molecule has 0 radical (unpaired) electrons. The number of hydrogen-bond donors (Lipinski definition) is 1. The van der Waals surface area contributed by atoms with E-state index in [2.05, 4.69) is 58.5 Å². The fourth-order valence-electron chi connectivity index (χ4n) is 2.64. The lowest BCUT2D eigenvalue weighted by Crippen LogP contribution is -2.44. The molecule has 1 heterocycles. The highest BCUT2D eigenvalue weighted by Crippen LogP contribution is 2.19. The Morgan fingerprint density at radius 2 is 1.91 bits per heavy atom. The number of benzene rings is 1. The van der Waals surface area contributed by atoms with Crippen molar-refractivity contribution < 1.29 is 0 Å². The molecule has 0 spiro atoms. The number of nitrogens with one attached hydrogen (secondary N) is 1. The second-order valence-corrected chi connectivity index (χ2v) is 5.53. The number of nitrogens with zero attached hydrogens (tertiary/aromatic N) is 2. The number of hydrogen-bond acceptors (Lipinski definition) is 1. The van der Waals surface area contributed by atoms with E-state index < -0.39 is 0 Å². The van der Waals surface area contributed by atoms with Crippen LogP contribution in [0.4, 0.5) is 0 Å². The van der Waals surface area contributed by atoms with Gasteiger partial charge in [0.05, 0.1) is 0 Å². The van der Waals surface area contributed by atoms with Crippen LogP contribution in [0, 0.1) is 0 Å². The number of likely N-dealkylation sites (tertiary alicyclic amines) is 1. The van der Waals surface area contributed by atoms with Crippen LogP contribution in [-0.2, 0) is 0 Å². The number of rotatable bonds is 4. The van der Waals surface area contributed by atoms with Gasteiger partial charge in [-0.2, -0.15) is 0 Å². The molecule has 0 aliphatic carbocycles. The van der Waals surface area contributed by atoms with Crippen LogP contribution in [0.2, 0.25) is 0 Å². The molecule has 3 nitrogen and oxygen atoms in total. The van der Waals surface area contributed by atoms with Crippen molar-refractivity contribution in [3.8, 4) is 0 Å². The van der Waals surface area contributed by atoms with Gasteiger partial charge >= 0.3 is 0 Å². The van der Waals surface area contributed by atoms with Crippen LogP contribution < -0.4 is 5.32 Å². The third-order valence-corrected chi connectivity index (χ3v) is 3.90. The summed E-state index contributed by atoms with van der Waals surface area (Å²) in [5.74, 6) is 1.06. The summed E-state index contributed by atoms with van der Waals surface area (Å²) in [4.78, 5) is 6.78. The standard InChI is InChI=1S/C18H27N3.HI/c1-3-4-12-20-18(19-2)21-13-10-17(11-14-21)15-16-8-6-5-7-9-16;/h5-9,15H,3-4,10-14H2,1-2H3,(H,19,20);1H. The molecule has 4 heteroatoms. The molecule has 1 aliphatic heterocycles. The Hall–Kier alpha value is -1.04. The van der Waals surface area contributed by atoms with Crippen LogP contribution in [0.15, 0.2) is 40.9 Å². The minimum Gasteiger partial charge on any atom is -0.356 e. The fourth-order valence-corrected chi connectivity index (χ4v) is 2.64. The van der Waals surface area contributed by atoms with Crippen molar-refractivity contribution in [2.75, 3.05) is 26.7 Å². The van der Waals surface area contributed by atoms with E-state index in [4.69, 9.17) is 0 Å². The summed E-state index contributed by atoms with van der Waals surface area (Å²) in [5.41, 5.74) is 2.85. The van der Waals surface area contributed by atoms with Gasteiger partial charge in [0.2, 0.25) is 0 Å². The zero-order chi connectivity index (χ0) is 14.9. The number of piperidine rings is 1. The SMILES string of the molecule is CCCCNC(=NC)N1CCC(=Cc2ccccc2)CC1.I. The van der Waals surface area contributed by atoms with Gasteiger partial charge < -0.3 is 10.2 Å². The van der Waals surface area contributed by atoms with Crippen molar-refractivity contribution in [2.45, 2.75) is 32.6 Å². The Morgan fingerprint density at radius 1 is 1.23 bits per heavy atom. The molecule has 1 aliphatic rings. The van der Waals surface area contributed by atoms with Crippen molar-refractivity contribution in [2.24, 2.45) is 4.99 Å². The van der Waals surface area contributed by atoms with E-state index in [1.54, 1.807) is 5.57 Å². The van der Waals surface area contributed by atoms with Crippen LogP contribution in [0.3, 0.4) is 0 Å². The molecular formula is C18H28IN3. The maximum atomic E-state index is 4.40. The molecule has 2 rings (SSSR count). The maximum absolute atomic E-state index is 4.40. The Bertz CT molecular complexity index is 472. The summed E-state index contributed by atoms with van der Waals surface area (Å²) < 4.78 is 0. The molecule has 0 saturated carbocycles. The highest BCUT2D eigenvalue weighted by atomic mass is 127. The smallest absolute Gasteiger partial charge is 0.193 e. The van der Waals surface area contributed by atoms with E-state index in [0.29, 0.717) is 0 Å². The fraction of sp³-hybridized carbons (Fsp3) is 0.500. The summed E-state index contributed by atoms with van der Waals surface area (Å²) in [6.45, 7) is 5.35. The minimum atomic E-state index is 0. The van der Waals surface area contributed by atoms with E-state index in [-0.39, 0.29) is 24.0 Å². The predicted octanol–water partition coefficient (Wildman–Crippen LogP) is 4.16. The van der Waals surface area contributed by atoms with E-state index in [0.717, 1.165) is 38.4 Å². The lowest BCUT2D eigenvalue weighted by molar-refractivity contribution is 0.375. The molecule has 122 valence electrons. The van der Waals surface area contributed by atoms with Crippen molar-refractivity contribution >= 4 is 36.0 Å². The van der Waals surface area contributed by atoms with Gasteiger partial charge in [0, 0.05) is 26.7 Å². The van der Waals surface area contributed by atoms with Gasteiger partial charge in [0.15, 0.2) is 5.96 Å². The first-order valence-corrected chi connectivity index (χ1v) is 8.03. The van der Waals surface area contributed by atoms with E-state index in [1.807, 2.05) is 7.05 Å². The monoisotopic (exact) mass is 413 g/mol. The van der Waals surface area contributed by atoms with Crippen LogP contribution in [-0.4, -0.2) is 37.5 Å². The minimum absolute atomic E-state index is 0. The molecule has 0 bridgehead atoms. The summed E-state index contributed by atoms with van der Waals surface area (Å²) in [7, 11) is 1.88. The first kappa shape index (κ1) is 19.0. The molecule has 1 saturated heterocycles. The Kier molecular flexibility index (Phi) is 9.20. The van der Waals surface area contributed by atoms with Gasteiger partial charge in [0.25, 0.3) is 0 Å². The van der Waals surface area contributed by atoms with Crippen LogP contribution in [0.1, 0.15) is 38.2 Å². The second kappa shape index (κ2) is 10.6. The highest BCUT2D eigenvalue weighted by molar-refractivity contribution is 14.0. The van der Waals surface area contributed by atoms with Crippen LogP contribution in [0.25, 0.3) is 6.08 Å². The van der Waals surface area contributed by atoms with Crippen LogP contribution >= 0.6 is 24.0 Å². The molecule has 1 aromatic rings. The van der Waals surface area contributed by atoms with Gasteiger partial charge in [-0.15, -0.1) is 24.0 Å². The summed E-state index contributed by atoms with van der Waals surface area (Å²) in [6.07, 6.45) is 7.01. The first-order chi connectivity index (χ1) is 10.3. The quantitative estimate of drug-likeness (QED) is 0.348. The van der Waals surface area contributed by atoms with Gasteiger partial charge in [0.1, 0.15) is 0 Å². The molecule has 0 unspecified atom stereocenters. The Labute approximate surface area is 151 Å². The zero-order valence-electron chi connectivity index (χ0n) is 13.7. The molecular weight excluding hydrogens is 385 g/mol. The predicted molar refractivity (Wildman–Crippen MR) is 107 cm³/mol. The van der Waals surface area contributed by atoms with Crippen molar-refractivity contribution in [1.82, 2.24) is 10.2 Å². The summed E-state index contributed by atoms with van der Waals surface area (Å²) in [6, 6.07) is 10.6. The van der Waals surface area contributed by atoms with Gasteiger partial charge in [-0.3, -0.25) is 4.99 Å². The average Bonchev–Trinajstić information content (AvgIpc) is 2.54.